The van der Waals surface area contributed by atoms with E-state index in [4.69, 9.17) is 0 Å². The van der Waals surface area contributed by atoms with Gasteiger partial charge in [0, 0.05) is 13.6 Å². The minimum Gasteiger partial charge on any atom is -0.344 e. The molecule has 0 saturated heterocycles. The summed E-state index contributed by atoms with van der Waals surface area (Å²) >= 11 is 0. The standard InChI is InChI=1S/C15H18N4O2/c1-10-13(11(2)19(3)18-10)17-15(21)14(20)16-9-12-7-5-4-6-8-12/h4-8H,9H2,1-3H3,(H,16,20)(H,17,21). The van der Waals surface area contributed by atoms with Crippen LogP contribution in [0.4, 0.5) is 5.69 Å². The third kappa shape index (κ3) is 3.47. The second-order valence-electron chi connectivity index (χ2n) is 4.79. The van der Waals surface area contributed by atoms with Gasteiger partial charge in [-0.2, -0.15) is 5.10 Å². The van der Waals surface area contributed by atoms with Gasteiger partial charge in [-0.15, -0.1) is 0 Å². The number of anilines is 1. The highest BCUT2D eigenvalue weighted by molar-refractivity contribution is 6.39. The number of hydrogen-bond donors (Lipinski definition) is 2. The zero-order chi connectivity index (χ0) is 15.4. The molecule has 0 aliphatic carbocycles. The van der Waals surface area contributed by atoms with Crippen LogP contribution in [0.3, 0.4) is 0 Å². The third-order valence-electron chi connectivity index (χ3n) is 3.25. The van der Waals surface area contributed by atoms with Crippen molar-refractivity contribution < 1.29 is 9.59 Å². The fourth-order valence-corrected chi connectivity index (χ4v) is 1.98. The average molecular weight is 286 g/mol. The minimum absolute atomic E-state index is 0.318. The number of nitrogens with zero attached hydrogens (tertiary/aromatic N) is 2. The van der Waals surface area contributed by atoms with E-state index in [1.54, 1.807) is 18.7 Å². The maximum atomic E-state index is 11.9. The lowest BCUT2D eigenvalue weighted by Gasteiger charge is -2.07. The Bertz CT molecular complexity index is 662. The maximum absolute atomic E-state index is 11.9. The van der Waals surface area contributed by atoms with Crippen LogP contribution in [0, 0.1) is 13.8 Å². The van der Waals surface area contributed by atoms with Crippen molar-refractivity contribution in [2.24, 2.45) is 7.05 Å². The number of benzene rings is 1. The zero-order valence-corrected chi connectivity index (χ0v) is 12.3. The zero-order valence-electron chi connectivity index (χ0n) is 12.3. The molecule has 0 aliphatic rings. The van der Waals surface area contributed by atoms with E-state index < -0.39 is 11.8 Å². The van der Waals surface area contributed by atoms with Gasteiger partial charge in [-0.1, -0.05) is 30.3 Å². The molecule has 0 saturated carbocycles. The molecule has 1 heterocycles. The Morgan fingerprint density at radius 1 is 1.14 bits per heavy atom. The Labute approximate surface area is 123 Å². The number of amides is 2. The summed E-state index contributed by atoms with van der Waals surface area (Å²) in [7, 11) is 1.79. The van der Waals surface area contributed by atoms with Gasteiger partial charge in [0.1, 0.15) is 0 Å². The van der Waals surface area contributed by atoms with Crippen LogP contribution in [-0.4, -0.2) is 21.6 Å². The van der Waals surface area contributed by atoms with E-state index in [1.807, 2.05) is 37.3 Å². The minimum atomic E-state index is -0.690. The van der Waals surface area contributed by atoms with Crippen LogP contribution < -0.4 is 10.6 Å². The van der Waals surface area contributed by atoms with E-state index in [1.165, 1.54) is 0 Å². The molecule has 0 bridgehead atoms. The van der Waals surface area contributed by atoms with Crippen molar-refractivity contribution in [2.75, 3.05) is 5.32 Å². The summed E-state index contributed by atoms with van der Waals surface area (Å²) in [6, 6.07) is 9.42. The molecule has 1 aromatic carbocycles. The van der Waals surface area contributed by atoms with Gasteiger partial charge in [0.05, 0.1) is 17.1 Å². The molecular formula is C15H18N4O2. The Morgan fingerprint density at radius 2 is 1.81 bits per heavy atom. The molecule has 0 fully saturated rings. The molecule has 21 heavy (non-hydrogen) atoms. The molecule has 110 valence electrons. The van der Waals surface area contributed by atoms with Gasteiger partial charge in [0.15, 0.2) is 0 Å². The van der Waals surface area contributed by atoms with Crippen LogP contribution in [0.15, 0.2) is 30.3 Å². The Balaban J connectivity index is 1.95. The van der Waals surface area contributed by atoms with E-state index in [0.717, 1.165) is 11.3 Å². The average Bonchev–Trinajstić information content (AvgIpc) is 2.72. The molecule has 0 unspecified atom stereocenters. The predicted octanol–water partition coefficient (Wildman–Crippen LogP) is 1.29. The molecule has 2 aromatic rings. The number of aromatic nitrogens is 2. The molecule has 1 aromatic heterocycles. The fraction of sp³-hybridized carbons (Fsp3) is 0.267. The van der Waals surface area contributed by atoms with Crippen molar-refractivity contribution in [2.45, 2.75) is 20.4 Å². The van der Waals surface area contributed by atoms with E-state index in [9.17, 15) is 9.59 Å². The Kier molecular flexibility index (Phi) is 4.37. The second-order valence-corrected chi connectivity index (χ2v) is 4.79. The lowest BCUT2D eigenvalue weighted by Crippen LogP contribution is -2.35. The van der Waals surface area contributed by atoms with Gasteiger partial charge in [0.2, 0.25) is 0 Å². The van der Waals surface area contributed by atoms with Gasteiger partial charge in [-0.3, -0.25) is 14.3 Å². The van der Waals surface area contributed by atoms with Crippen LogP contribution in [0.1, 0.15) is 17.0 Å². The second kappa shape index (κ2) is 6.21. The summed E-state index contributed by atoms with van der Waals surface area (Å²) in [5.41, 5.74) is 3.00. The fourth-order valence-electron chi connectivity index (χ4n) is 1.98. The lowest BCUT2D eigenvalue weighted by molar-refractivity contribution is -0.136. The number of aryl methyl sites for hydroxylation is 2. The summed E-state index contributed by atoms with van der Waals surface area (Å²) in [4.78, 5) is 23.7. The van der Waals surface area contributed by atoms with Crippen LogP contribution in [0.25, 0.3) is 0 Å². The monoisotopic (exact) mass is 286 g/mol. The van der Waals surface area contributed by atoms with Crippen molar-refractivity contribution >= 4 is 17.5 Å². The van der Waals surface area contributed by atoms with E-state index in [2.05, 4.69) is 15.7 Å². The molecule has 0 spiro atoms. The van der Waals surface area contributed by atoms with Gasteiger partial charge in [0.25, 0.3) is 0 Å². The molecule has 6 nitrogen and oxygen atoms in total. The first-order chi connectivity index (χ1) is 9.99. The molecule has 2 amide bonds. The Hall–Kier alpha value is -2.63. The van der Waals surface area contributed by atoms with Crippen LogP contribution in [0.2, 0.25) is 0 Å². The van der Waals surface area contributed by atoms with Crippen molar-refractivity contribution in [3.8, 4) is 0 Å². The number of nitrogens with one attached hydrogen (secondary N) is 2. The summed E-state index contributed by atoms with van der Waals surface area (Å²) in [6.07, 6.45) is 0. The van der Waals surface area contributed by atoms with Crippen LogP contribution in [0.5, 0.6) is 0 Å². The van der Waals surface area contributed by atoms with Gasteiger partial charge in [-0.05, 0) is 19.4 Å². The highest BCUT2D eigenvalue weighted by Gasteiger charge is 2.17. The Morgan fingerprint density at radius 3 is 2.38 bits per heavy atom. The quantitative estimate of drug-likeness (QED) is 0.835. The summed E-state index contributed by atoms with van der Waals surface area (Å²) in [5.74, 6) is -1.35. The van der Waals surface area contributed by atoms with Crippen molar-refractivity contribution in [1.82, 2.24) is 15.1 Å². The first-order valence-electron chi connectivity index (χ1n) is 6.62. The molecule has 6 heteroatoms. The number of hydrogen-bond acceptors (Lipinski definition) is 3. The van der Waals surface area contributed by atoms with E-state index in [-0.39, 0.29) is 0 Å². The smallest absolute Gasteiger partial charge is 0.313 e. The number of rotatable bonds is 3. The third-order valence-corrected chi connectivity index (χ3v) is 3.25. The van der Waals surface area contributed by atoms with Gasteiger partial charge >= 0.3 is 11.8 Å². The molecule has 0 radical (unpaired) electrons. The first-order valence-corrected chi connectivity index (χ1v) is 6.62. The number of carbonyl (C=O) groups is 2. The largest absolute Gasteiger partial charge is 0.344 e. The van der Waals surface area contributed by atoms with Gasteiger partial charge < -0.3 is 10.6 Å². The normalized spacial score (nSPS) is 10.2. The van der Waals surface area contributed by atoms with Crippen LogP contribution >= 0.6 is 0 Å². The highest BCUT2D eigenvalue weighted by atomic mass is 16.2. The molecular weight excluding hydrogens is 268 g/mol. The van der Waals surface area contributed by atoms with Crippen LogP contribution in [-0.2, 0) is 23.2 Å². The molecule has 2 rings (SSSR count). The SMILES string of the molecule is Cc1nn(C)c(C)c1NC(=O)C(=O)NCc1ccccc1. The topological polar surface area (TPSA) is 76.0 Å². The van der Waals surface area contributed by atoms with E-state index in [0.29, 0.717) is 17.9 Å². The van der Waals surface area contributed by atoms with Crippen molar-refractivity contribution in [3.05, 3.63) is 47.3 Å². The molecule has 0 atom stereocenters. The molecule has 2 N–H and O–H groups in total. The summed E-state index contributed by atoms with van der Waals surface area (Å²) < 4.78 is 1.66. The van der Waals surface area contributed by atoms with E-state index >= 15 is 0 Å². The predicted molar refractivity (Wildman–Crippen MR) is 79.6 cm³/mol. The number of carbonyl (C=O) groups excluding carboxylic acids is 2. The first kappa shape index (κ1) is 14.8. The van der Waals surface area contributed by atoms with Gasteiger partial charge in [-0.25, -0.2) is 0 Å². The highest BCUT2D eigenvalue weighted by Crippen LogP contribution is 2.17. The summed E-state index contributed by atoms with van der Waals surface area (Å²) in [5, 5.41) is 9.37. The maximum Gasteiger partial charge on any atom is 0.313 e. The lowest BCUT2D eigenvalue weighted by atomic mass is 10.2. The van der Waals surface area contributed by atoms with Crippen molar-refractivity contribution in [3.63, 3.8) is 0 Å². The molecule has 0 aliphatic heterocycles. The summed E-state index contributed by atoms with van der Waals surface area (Å²) in [6.45, 7) is 3.93. The van der Waals surface area contributed by atoms with Crippen molar-refractivity contribution in [1.29, 1.82) is 0 Å².